The highest BCUT2D eigenvalue weighted by Crippen LogP contribution is 2.46. The van der Waals surface area contributed by atoms with Crippen LogP contribution in [-0.2, 0) is 25.7 Å². The first-order valence-corrected chi connectivity index (χ1v) is 12.5. The van der Waals surface area contributed by atoms with E-state index in [1.54, 1.807) is 24.3 Å². The van der Waals surface area contributed by atoms with Gasteiger partial charge in [-0.15, -0.1) is 0 Å². The molecule has 0 aliphatic carbocycles. The van der Waals surface area contributed by atoms with Gasteiger partial charge in [0.1, 0.15) is 22.6 Å². The summed E-state index contributed by atoms with van der Waals surface area (Å²) < 4.78 is 27.3. The number of hydrogen-bond acceptors (Lipinski definition) is 8. The van der Waals surface area contributed by atoms with Crippen molar-refractivity contribution < 1.29 is 53.4 Å². The van der Waals surface area contributed by atoms with Crippen molar-refractivity contribution in [1.29, 1.82) is 0 Å². The largest absolute Gasteiger partial charge is 0.496 e. The van der Waals surface area contributed by atoms with Gasteiger partial charge in [-0.25, -0.2) is 14.4 Å². The average Bonchev–Trinajstić information content (AvgIpc) is 2.96. The lowest BCUT2D eigenvalue weighted by molar-refractivity contribution is 0.0682. The first-order chi connectivity index (χ1) is 19.6. The highest BCUT2D eigenvalue weighted by molar-refractivity contribution is 5.95. The van der Waals surface area contributed by atoms with Crippen LogP contribution >= 0.6 is 0 Å². The summed E-state index contributed by atoms with van der Waals surface area (Å²) in [4.78, 5) is 35.7. The standard InChI is InChI=1S/C30H32O11/c1-37-22-14-16(6-10-18(22)28(31)32)8-12-20-24(30(35)36)21(26(40-4)27(41-5)25(20)39-3)13-9-17-7-11-19(29(33)34)23(15-17)38-2/h6-7,10-11,14-15H,8-9,12-13H2,1-5H3,(H,31,32)(H,33,34)(H,35,36). The van der Waals surface area contributed by atoms with Gasteiger partial charge in [0.2, 0.25) is 5.75 Å². The Morgan fingerprint density at radius 1 is 0.537 bits per heavy atom. The third kappa shape index (κ3) is 6.46. The summed E-state index contributed by atoms with van der Waals surface area (Å²) in [6, 6.07) is 9.38. The molecule has 3 aromatic rings. The number of methoxy groups -OCH3 is 5. The first kappa shape index (κ1) is 30.6. The minimum atomic E-state index is -1.19. The van der Waals surface area contributed by atoms with Crippen molar-refractivity contribution in [2.45, 2.75) is 25.7 Å². The Morgan fingerprint density at radius 3 is 1.22 bits per heavy atom. The van der Waals surface area contributed by atoms with Gasteiger partial charge in [-0.1, -0.05) is 12.1 Å². The van der Waals surface area contributed by atoms with Crippen LogP contribution < -0.4 is 23.7 Å². The van der Waals surface area contributed by atoms with Crippen LogP contribution in [0.25, 0.3) is 0 Å². The number of hydrogen-bond donors (Lipinski definition) is 3. The molecule has 11 heteroatoms. The van der Waals surface area contributed by atoms with E-state index in [4.69, 9.17) is 23.7 Å². The molecule has 3 N–H and O–H groups in total. The third-order valence-electron chi connectivity index (χ3n) is 6.71. The molecule has 0 saturated carbocycles. The molecule has 0 fully saturated rings. The molecule has 0 unspecified atom stereocenters. The van der Waals surface area contributed by atoms with Crippen molar-refractivity contribution in [3.05, 3.63) is 75.3 Å². The summed E-state index contributed by atoms with van der Waals surface area (Å²) in [6.45, 7) is 0. The molecule has 41 heavy (non-hydrogen) atoms. The quantitative estimate of drug-likeness (QED) is 0.253. The van der Waals surface area contributed by atoms with E-state index in [-0.39, 0.29) is 58.3 Å². The smallest absolute Gasteiger partial charge is 0.339 e. The third-order valence-corrected chi connectivity index (χ3v) is 6.71. The first-order valence-electron chi connectivity index (χ1n) is 12.5. The van der Waals surface area contributed by atoms with E-state index in [0.29, 0.717) is 24.0 Å². The molecule has 0 saturated heterocycles. The zero-order chi connectivity index (χ0) is 30.3. The maximum atomic E-state index is 12.7. The monoisotopic (exact) mass is 568 g/mol. The molecular formula is C30H32O11. The molecule has 0 aromatic heterocycles. The van der Waals surface area contributed by atoms with Crippen LogP contribution in [-0.4, -0.2) is 68.8 Å². The SMILES string of the molecule is COc1cc(CCc2c(OC)c(OC)c(OC)c(CCc3ccc(C(=O)O)c(OC)c3)c2C(=O)O)ccc1C(=O)O. The fraction of sp³-hybridized carbons (Fsp3) is 0.300. The van der Waals surface area contributed by atoms with Crippen molar-refractivity contribution in [3.8, 4) is 28.7 Å². The number of aromatic carboxylic acids is 3. The summed E-state index contributed by atoms with van der Waals surface area (Å²) >= 11 is 0. The molecule has 3 rings (SSSR count). The molecule has 0 radical (unpaired) electrons. The van der Waals surface area contributed by atoms with Crippen molar-refractivity contribution in [3.63, 3.8) is 0 Å². The van der Waals surface area contributed by atoms with E-state index < -0.39 is 17.9 Å². The summed E-state index contributed by atoms with van der Waals surface area (Å²) in [7, 11) is 7.00. The van der Waals surface area contributed by atoms with Gasteiger partial charge in [-0.05, 0) is 61.1 Å². The van der Waals surface area contributed by atoms with Gasteiger partial charge in [0.25, 0.3) is 0 Å². The van der Waals surface area contributed by atoms with E-state index in [2.05, 4.69) is 0 Å². The number of benzene rings is 3. The molecule has 218 valence electrons. The minimum absolute atomic E-state index is 0.00254. The zero-order valence-corrected chi connectivity index (χ0v) is 23.4. The molecule has 0 spiro atoms. The zero-order valence-electron chi connectivity index (χ0n) is 23.4. The fourth-order valence-corrected chi connectivity index (χ4v) is 4.81. The average molecular weight is 569 g/mol. The Labute approximate surface area is 236 Å². The van der Waals surface area contributed by atoms with E-state index in [1.807, 2.05) is 0 Å². The molecule has 0 bridgehead atoms. The Kier molecular flexibility index (Phi) is 10.0. The number of ether oxygens (including phenoxy) is 5. The van der Waals surface area contributed by atoms with Crippen molar-refractivity contribution in [2.75, 3.05) is 35.5 Å². The second kappa shape index (κ2) is 13.4. The lowest BCUT2D eigenvalue weighted by atomic mass is 9.90. The molecule has 0 aliphatic rings. The van der Waals surface area contributed by atoms with Crippen LogP contribution in [0.3, 0.4) is 0 Å². The maximum Gasteiger partial charge on any atom is 0.339 e. The van der Waals surface area contributed by atoms with Gasteiger partial charge in [0.15, 0.2) is 11.5 Å². The predicted octanol–water partition coefficient (Wildman–Crippen LogP) is 4.39. The van der Waals surface area contributed by atoms with Crippen LogP contribution in [0.1, 0.15) is 53.3 Å². The summed E-state index contributed by atoms with van der Waals surface area (Å²) in [6.07, 6.45) is 1.12. The molecule has 0 heterocycles. The molecular weight excluding hydrogens is 536 g/mol. The number of rotatable bonds is 14. The van der Waals surface area contributed by atoms with Gasteiger partial charge in [-0.3, -0.25) is 0 Å². The highest BCUT2D eigenvalue weighted by Gasteiger charge is 2.29. The van der Waals surface area contributed by atoms with Gasteiger partial charge < -0.3 is 39.0 Å². The normalized spacial score (nSPS) is 10.6. The van der Waals surface area contributed by atoms with Crippen molar-refractivity contribution >= 4 is 17.9 Å². The summed E-state index contributed by atoms with van der Waals surface area (Å²) in [5, 5.41) is 29.1. The Bertz CT molecular complexity index is 1360. The van der Waals surface area contributed by atoms with Crippen molar-refractivity contribution in [1.82, 2.24) is 0 Å². The highest BCUT2D eigenvalue weighted by atomic mass is 16.5. The maximum absolute atomic E-state index is 12.7. The topological polar surface area (TPSA) is 158 Å². The fourth-order valence-electron chi connectivity index (χ4n) is 4.81. The van der Waals surface area contributed by atoms with Gasteiger partial charge in [0, 0.05) is 11.1 Å². The molecule has 0 aliphatic heterocycles. The molecule has 0 atom stereocenters. The van der Waals surface area contributed by atoms with Gasteiger partial charge in [0.05, 0.1) is 41.1 Å². The van der Waals surface area contributed by atoms with Gasteiger partial charge in [-0.2, -0.15) is 0 Å². The molecule has 0 amide bonds. The number of carboxylic acids is 3. The summed E-state index contributed by atoms with van der Waals surface area (Å²) in [5.41, 5.74) is 2.26. The van der Waals surface area contributed by atoms with E-state index in [9.17, 15) is 29.7 Å². The second-order valence-corrected chi connectivity index (χ2v) is 8.92. The van der Waals surface area contributed by atoms with E-state index in [1.165, 1.54) is 47.7 Å². The molecule has 11 nitrogen and oxygen atoms in total. The molecule has 3 aromatic carbocycles. The summed E-state index contributed by atoms with van der Waals surface area (Å²) in [5.74, 6) is -2.38. The van der Waals surface area contributed by atoms with Crippen LogP contribution in [0.5, 0.6) is 28.7 Å². The van der Waals surface area contributed by atoms with Crippen molar-refractivity contribution in [2.24, 2.45) is 0 Å². The van der Waals surface area contributed by atoms with E-state index in [0.717, 1.165) is 11.1 Å². The lowest BCUT2D eigenvalue weighted by Crippen LogP contribution is -2.14. The lowest BCUT2D eigenvalue weighted by Gasteiger charge is -2.23. The van der Waals surface area contributed by atoms with Crippen LogP contribution in [0.4, 0.5) is 0 Å². The number of aryl methyl sites for hydroxylation is 2. The van der Waals surface area contributed by atoms with E-state index >= 15 is 0 Å². The van der Waals surface area contributed by atoms with Gasteiger partial charge >= 0.3 is 17.9 Å². The Hall–Kier alpha value is -4.93. The van der Waals surface area contributed by atoms with Crippen LogP contribution in [0.2, 0.25) is 0 Å². The van der Waals surface area contributed by atoms with Crippen LogP contribution in [0.15, 0.2) is 36.4 Å². The Morgan fingerprint density at radius 2 is 0.927 bits per heavy atom. The Balaban J connectivity index is 2.09. The number of carboxylic acid groups (broad SMARTS) is 3. The predicted molar refractivity (Wildman–Crippen MR) is 148 cm³/mol. The minimum Gasteiger partial charge on any atom is -0.496 e. The number of carbonyl (C=O) groups is 3. The second-order valence-electron chi connectivity index (χ2n) is 8.92. The van der Waals surface area contributed by atoms with Crippen LogP contribution in [0, 0.1) is 0 Å².